The largest absolute Gasteiger partial charge is 0.480 e. The van der Waals surface area contributed by atoms with Crippen molar-refractivity contribution in [2.75, 3.05) is 13.1 Å². The van der Waals surface area contributed by atoms with E-state index in [1.807, 2.05) is 6.92 Å². The molecule has 0 radical (unpaired) electrons. The van der Waals surface area contributed by atoms with Crippen LogP contribution in [-0.4, -0.2) is 46.7 Å². The van der Waals surface area contributed by atoms with Crippen LogP contribution in [0.2, 0.25) is 0 Å². The summed E-state index contributed by atoms with van der Waals surface area (Å²) in [5.41, 5.74) is -0.814. The third-order valence-corrected chi connectivity index (χ3v) is 4.65. The van der Waals surface area contributed by atoms with Crippen LogP contribution in [0.15, 0.2) is 0 Å². The van der Waals surface area contributed by atoms with E-state index in [9.17, 15) is 9.90 Å². The van der Waals surface area contributed by atoms with Crippen LogP contribution in [0.1, 0.15) is 66.2 Å². The van der Waals surface area contributed by atoms with Crippen LogP contribution in [0.4, 0.5) is 0 Å². The molecule has 0 aromatic carbocycles. The van der Waals surface area contributed by atoms with Crippen molar-refractivity contribution in [3.63, 3.8) is 0 Å². The molecular weight excluding hydrogens is 252 g/mol. The van der Waals surface area contributed by atoms with E-state index >= 15 is 0 Å². The highest BCUT2D eigenvalue weighted by Gasteiger charge is 2.37. The molecule has 0 aromatic rings. The van der Waals surface area contributed by atoms with Gasteiger partial charge in [0.2, 0.25) is 0 Å². The van der Waals surface area contributed by atoms with Gasteiger partial charge in [-0.2, -0.15) is 0 Å². The Hall–Kier alpha value is -0.610. The second-order valence-electron chi connectivity index (χ2n) is 6.41. The summed E-state index contributed by atoms with van der Waals surface area (Å²) in [6, 6.07) is 0.939. The molecule has 1 fully saturated rings. The van der Waals surface area contributed by atoms with Crippen molar-refractivity contribution >= 4 is 5.97 Å². The molecule has 3 unspecified atom stereocenters. The molecule has 0 bridgehead atoms. The van der Waals surface area contributed by atoms with Crippen molar-refractivity contribution in [1.82, 2.24) is 10.2 Å². The first-order valence-corrected chi connectivity index (χ1v) is 8.18. The average Bonchev–Trinajstić information content (AvgIpc) is 2.44. The maximum Gasteiger partial charge on any atom is 0.323 e. The standard InChI is InChI=1S/C16H32N2O2/c1-5-10-17-16(4,15(19)20)12-13(3)18-11-8-7-9-14(18)6-2/h13-14,17H,5-12H2,1-4H3,(H,19,20). The number of piperidine rings is 1. The number of rotatable bonds is 8. The third kappa shape index (κ3) is 4.45. The molecule has 0 amide bonds. The second-order valence-corrected chi connectivity index (χ2v) is 6.41. The van der Waals surface area contributed by atoms with Gasteiger partial charge in [-0.3, -0.25) is 9.69 Å². The molecule has 20 heavy (non-hydrogen) atoms. The summed E-state index contributed by atoms with van der Waals surface area (Å²) in [6.45, 7) is 10.2. The SMILES string of the molecule is CCCNC(C)(CC(C)N1CCCCC1CC)C(=O)O. The fourth-order valence-electron chi connectivity index (χ4n) is 3.39. The van der Waals surface area contributed by atoms with Crippen molar-refractivity contribution in [3.8, 4) is 0 Å². The van der Waals surface area contributed by atoms with Crippen LogP contribution >= 0.6 is 0 Å². The molecule has 1 heterocycles. The van der Waals surface area contributed by atoms with Gasteiger partial charge in [0.15, 0.2) is 0 Å². The number of carboxylic acids is 1. The monoisotopic (exact) mass is 284 g/mol. The highest BCUT2D eigenvalue weighted by molar-refractivity contribution is 5.78. The van der Waals surface area contributed by atoms with Crippen molar-refractivity contribution in [2.24, 2.45) is 0 Å². The van der Waals surface area contributed by atoms with Crippen LogP contribution < -0.4 is 5.32 Å². The van der Waals surface area contributed by atoms with E-state index in [0.717, 1.165) is 25.9 Å². The van der Waals surface area contributed by atoms with Gasteiger partial charge in [0.1, 0.15) is 5.54 Å². The summed E-state index contributed by atoms with van der Waals surface area (Å²) in [4.78, 5) is 14.1. The molecule has 1 aliphatic rings. The molecule has 1 rings (SSSR count). The zero-order valence-corrected chi connectivity index (χ0v) is 13.6. The fraction of sp³-hybridized carbons (Fsp3) is 0.938. The summed E-state index contributed by atoms with van der Waals surface area (Å²) in [5, 5.41) is 12.8. The Labute approximate surface area is 123 Å². The highest BCUT2D eigenvalue weighted by Crippen LogP contribution is 2.26. The van der Waals surface area contributed by atoms with Gasteiger partial charge in [0.25, 0.3) is 0 Å². The Bertz CT molecular complexity index is 309. The summed E-state index contributed by atoms with van der Waals surface area (Å²) in [5.74, 6) is -0.733. The maximum absolute atomic E-state index is 11.6. The minimum atomic E-state index is -0.814. The molecule has 1 aliphatic heterocycles. The van der Waals surface area contributed by atoms with Crippen molar-refractivity contribution in [1.29, 1.82) is 0 Å². The number of hydrogen-bond donors (Lipinski definition) is 2. The summed E-state index contributed by atoms with van der Waals surface area (Å²) in [6.07, 6.45) is 6.60. The summed E-state index contributed by atoms with van der Waals surface area (Å²) < 4.78 is 0. The minimum absolute atomic E-state index is 0.311. The van der Waals surface area contributed by atoms with Gasteiger partial charge in [0.05, 0.1) is 0 Å². The molecule has 3 atom stereocenters. The fourth-order valence-corrected chi connectivity index (χ4v) is 3.39. The van der Waals surface area contributed by atoms with Gasteiger partial charge in [-0.25, -0.2) is 0 Å². The summed E-state index contributed by atoms with van der Waals surface area (Å²) in [7, 11) is 0. The van der Waals surface area contributed by atoms with Crippen molar-refractivity contribution in [2.45, 2.75) is 83.8 Å². The molecule has 118 valence electrons. The third-order valence-electron chi connectivity index (χ3n) is 4.65. The highest BCUT2D eigenvalue weighted by atomic mass is 16.4. The molecule has 4 nitrogen and oxygen atoms in total. The number of carbonyl (C=O) groups is 1. The van der Waals surface area contributed by atoms with Gasteiger partial charge >= 0.3 is 5.97 Å². The van der Waals surface area contributed by atoms with Gasteiger partial charge in [-0.05, 0) is 59.0 Å². The first kappa shape index (κ1) is 17.4. The molecule has 1 saturated heterocycles. The first-order valence-electron chi connectivity index (χ1n) is 8.18. The zero-order valence-electron chi connectivity index (χ0n) is 13.6. The molecule has 0 aliphatic carbocycles. The predicted octanol–water partition coefficient (Wildman–Crippen LogP) is 2.87. The molecular formula is C16H32N2O2. The number of carboxylic acid groups (broad SMARTS) is 1. The number of hydrogen-bond acceptors (Lipinski definition) is 3. The molecule has 2 N–H and O–H groups in total. The van der Waals surface area contributed by atoms with Crippen LogP contribution in [0, 0.1) is 0 Å². The number of nitrogens with zero attached hydrogens (tertiary/aromatic N) is 1. The first-order chi connectivity index (χ1) is 9.44. The maximum atomic E-state index is 11.6. The molecule has 4 heteroatoms. The molecule has 0 aromatic heterocycles. The zero-order chi connectivity index (χ0) is 15.2. The topological polar surface area (TPSA) is 52.6 Å². The van der Waals surface area contributed by atoms with E-state index in [1.54, 1.807) is 0 Å². The Morgan fingerprint density at radius 3 is 2.70 bits per heavy atom. The lowest BCUT2D eigenvalue weighted by Gasteiger charge is -2.42. The average molecular weight is 284 g/mol. The van der Waals surface area contributed by atoms with Crippen molar-refractivity contribution in [3.05, 3.63) is 0 Å². The molecule has 0 spiro atoms. The Balaban J connectivity index is 2.69. The van der Waals surface area contributed by atoms with Gasteiger partial charge in [0, 0.05) is 12.1 Å². The second kappa shape index (κ2) is 7.99. The Morgan fingerprint density at radius 2 is 2.15 bits per heavy atom. The smallest absolute Gasteiger partial charge is 0.323 e. The van der Waals surface area contributed by atoms with E-state index in [0.29, 0.717) is 18.5 Å². The quantitative estimate of drug-likeness (QED) is 0.719. The van der Waals surface area contributed by atoms with Crippen LogP contribution in [0.5, 0.6) is 0 Å². The van der Waals surface area contributed by atoms with Gasteiger partial charge < -0.3 is 10.4 Å². The Kier molecular flexibility index (Phi) is 6.96. The van der Waals surface area contributed by atoms with Crippen LogP contribution in [-0.2, 0) is 4.79 Å². The van der Waals surface area contributed by atoms with E-state index in [-0.39, 0.29) is 0 Å². The van der Waals surface area contributed by atoms with E-state index in [4.69, 9.17) is 0 Å². The van der Waals surface area contributed by atoms with E-state index in [1.165, 1.54) is 19.3 Å². The molecule has 0 saturated carbocycles. The minimum Gasteiger partial charge on any atom is -0.480 e. The van der Waals surface area contributed by atoms with E-state index < -0.39 is 11.5 Å². The normalized spacial score (nSPS) is 25.1. The summed E-state index contributed by atoms with van der Waals surface area (Å²) >= 11 is 0. The van der Waals surface area contributed by atoms with Gasteiger partial charge in [-0.15, -0.1) is 0 Å². The predicted molar refractivity (Wildman–Crippen MR) is 83.0 cm³/mol. The lowest BCUT2D eigenvalue weighted by Crippen LogP contribution is -2.55. The van der Waals surface area contributed by atoms with Crippen LogP contribution in [0.25, 0.3) is 0 Å². The van der Waals surface area contributed by atoms with Crippen molar-refractivity contribution < 1.29 is 9.90 Å². The number of nitrogens with one attached hydrogen (secondary N) is 1. The van der Waals surface area contributed by atoms with Crippen LogP contribution in [0.3, 0.4) is 0 Å². The van der Waals surface area contributed by atoms with E-state index in [2.05, 4.69) is 31.0 Å². The Morgan fingerprint density at radius 1 is 1.45 bits per heavy atom. The lowest BCUT2D eigenvalue weighted by molar-refractivity contribution is -0.145. The van der Waals surface area contributed by atoms with Gasteiger partial charge in [-0.1, -0.05) is 20.3 Å². The number of aliphatic carboxylic acids is 1. The number of likely N-dealkylation sites (tertiary alicyclic amines) is 1. The lowest BCUT2D eigenvalue weighted by atomic mass is 9.89.